The van der Waals surface area contributed by atoms with Crippen LogP contribution in [0.4, 0.5) is 5.95 Å². The molecule has 3 rings (SSSR count). The van der Waals surface area contributed by atoms with E-state index in [-0.39, 0.29) is 11.7 Å². The molecule has 1 atom stereocenters. The third-order valence-electron chi connectivity index (χ3n) is 4.84. The minimum Gasteiger partial charge on any atom is -0.370 e. The Morgan fingerprint density at radius 3 is 2.74 bits per heavy atom. The second kappa shape index (κ2) is 7.36. The summed E-state index contributed by atoms with van der Waals surface area (Å²) in [7, 11) is 0. The van der Waals surface area contributed by atoms with Crippen LogP contribution in [0.3, 0.4) is 0 Å². The van der Waals surface area contributed by atoms with Crippen LogP contribution in [0.1, 0.15) is 39.5 Å². The standard InChI is InChI=1S/C17H27N5O/c1-14(2)4-8-22-9-6-17(7-10-22)5-3-15(23-17)11-19-16-20-12-18-13-21-16/h4,12-13,15H,3,5-11H2,1-2H3,(H,18,19,20,21). The molecule has 0 saturated carbocycles. The first kappa shape index (κ1) is 16.3. The molecule has 0 aliphatic carbocycles. The van der Waals surface area contributed by atoms with Crippen molar-refractivity contribution in [3.8, 4) is 0 Å². The lowest BCUT2D eigenvalue weighted by Gasteiger charge is -2.39. The molecule has 6 nitrogen and oxygen atoms in total. The first-order chi connectivity index (χ1) is 11.2. The van der Waals surface area contributed by atoms with E-state index in [0.717, 1.165) is 45.4 Å². The zero-order valence-corrected chi connectivity index (χ0v) is 14.2. The van der Waals surface area contributed by atoms with E-state index in [9.17, 15) is 0 Å². The Kier molecular flexibility index (Phi) is 5.23. The SMILES string of the molecule is CC(C)=CCN1CCC2(CCC(CNc3ncncn3)O2)CC1. The smallest absolute Gasteiger partial charge is 0.225 e. The van der Waals surface area contributed by atoms with Crippen molar-refractivity contribution >= 4 is 5.95 Å². The molecule has 1 N–H and O–H groups in total. The van der Waals surface area contributed by atoms with Crippen molar-refractivity contribution in [2.75, 3.05) is 31.5 Å². The van der Waals surface area contributed by atoms with Crippen LogP contribution in [-0.2, 0) is 4.74 Å². The highest BCUT2D eigenvalue weighted by Crippen LogP contribution is 2.38. The molecule has 0 aromatic carbocycles. The summed E-state index contributed by atoms with van der Waals surface area (Å²) in [5, 5.41) is 3.24. The Hall–Kier alpha value is -1.53. The number of nitrogens with zero attached hydrogens (tertiary/aromatic N) is 4. The van der Waals surface area contributed by atoms with Crippen LogP contribution in [0.2, 0.25) is 0 Å². The molecule has 0 radical (unpaired) electrons. The van der Waals surface area contributed by atoms with E-state index in [1.165, 1.54) is 24.6 Å². The van der Waals surface area contributed by atoms with Crippen LogP contribution in [0.5, 0.6) is 0 Å². The van der Waals surface area contributed by atoms with Crippen LogP contribution < -0.4 is 5.32 Å². The molecule has 1 unspecified atom stereocenters. The quantitative estimate of drug-likeness (QED) is 0.841. The predicted octanol–water partition coefficient (Wildman–Crippen LogP) is 2.26. The van der Waals surface area contributed by atoms with Crippen LogP contribution in [-0.4, -0.2) is 57.7 Å². The predicted molar refractivity (Wildman–Crippen MR) is 90.3 cm³/mol. The monoisotopic (exact) mass is 317 g/mol. The molecule has 2 fully saturated rings. The molecule has 1 spiro atoms. The Balaban J connectivity index is 1.44. The van der Waals surface area contributed by atoms with Crippen LogP contribution in [0.25, 0.3) is 0 Å². The highest BCUT2D eigenvalue weighted by Gasteiger charge is 2.42. The largest absolute Gasteiger partial charge is 0.370 e. The second-order valence-electron chi connectivity index (χ2n) is 6.89. The van der Waals surface area contributed by atoms with Gasteiger partial charge < -0.3 is 10.1 Å². The number of likely N-dealkylation sites (tertiary alicyclic amines) is 1. The number of aromatic nitrogens is 3. The fraction of sp³-hybridized carbons (Fsp3) is 0.706. The molecule has 1 aromatic rings. The van der Waals surface area contributed by atoms with Crippen molar-refractivity contribution in [2.24, 2.45) is 0 Å². The number of anilines is 1. The summed E-state index contributed by atoms with van der Waals surface area (Å²) in [4.78, 5) is 14.5. The zero-order chi connectivity index (χ0) is 16.1. The molecule has 126 valence electrons. The Bertz CT molecular complexity index is 521. The van der Waals surface area contributed by atoms with Gasteiger partial charge in [-0.3, -0.25) is 4.90 Å². The highest BCUT2D eigenvalue weighted by molar-refractivity contribution is 5.21. The molecular weight excluding hydrogens is 290 g/mol. The van der Waals surface area contributed by atoms with Gasteiger partial charge in [0.2, 0.25) is 5.95 Å². The number of ether oxygens (including phenoxy) is 1. The Morgan fingerprint density at radius 1 is 1.30 bits per heavy atom. The average Bonchev–Trinajstić information content (AvgIpc) is 2.96. The van der Waals surface area contributed by atoms with Gasteiger partial charge in [0.15, 0.2) is 0 Å². The normalized spacial score (nSPS) is 23.8. The zero-order valence-electron chi connectivity index (χ0n) is 14.2. The lowest BCUT2D eigenvalue weighted by molar-refractivity contribution is -0.0715. The second-order valence-corrected chi connectivity index (χ2v) is 6.89. The number of hydrogen-bond acceptors (Lipinski definition) is 6. The van der Waals surface area contributed by atoms with Crippen molar-refractivity contribution in [3.05, 3.63) is 24.3 Å². The number of nitrogens with one attached hydrogen (secondary N) is 1. The average molecular weight is 317 g/mol. The van der Waals surface area contributed by atoms with E-state index in [2.05, 4.69) is 45.1 Å². The third-order valence-corrected chi connectivity index (χ3v) is 4.84. The fourth-order valence-corrected chi connectivity index (χ4v) is 3.40. The maximum Gasteiger partial charge on any atom is 0.225 e. The van der Waals surface area contributed by atoms with Gasteiger partial charge in [-0.25, -0.2) is 15.0 Å². The molecule has 1 aromatic heterocycles. The maximum atomic E-state index is 6.41. The van der Waals surface area contributed by atoms with Gasteiger partial charge >= 0.3 is 0 Å². The van der Waals surface area contributed by atoms with Gasteiger partial charge in [-0.15, -0.1) is 0 Å². The maximum absolute atomic E-state index is 6.41. The number of allylic oxidation sites excluding steroid dienone is 1. The number of hydrogen-bond donors (Lipinski definition) is 1. The first-order valence-corrected chi connectivity index (χ1v) is 8.55. The van der Waals surface area contributed by atoms with Crippen molar-refractivity contribution in [3.63, 3.8) is 0 Å². The van der Waals surface area contributed by atoms with E-state index in [4.69, 9.17) is 4.74 Å². The molecule has 2 saturated heterocycles. The summed E-state index contributed by atoms with van der Waals surface area (Å²) in [6, 6.07) is 0. The topological polar surface area (TPSA) is 63.2 Å². The van der Waals surface area contributed by atoms with E-state index < -0.39 is 0 Å². The number of piperidine rings is 1. The van der Waals surface area contributed by atoms with Gasteiger partial charge in [-0.1, -0.05) is 11.6 Å². The van der Waals surface area contributed by atoms with Crippen LogP contribution >= 0.6 is 0 Å². The van der Waals surface area contributed by atoms with Crippen molar-refractivity contribution in [2.45, 2.75) is 51.2 Å². The van der Waals surface area contributed by atoms with Gasteiger partial charge in [0.05, 0.1) is 11.7 Å². The summed E-state index contributed by atoms with van der Waals surface area (Å²) >= 11 is 0. The van der Waals surface area contributed by atoms with E-state index in [0.29, 0.717) is 5.95 Å². The van der Waals surface area contributed by atoms with Crippen LogP contribution in [0, 0.1) is 0 Å². The van der Waals surface area contributed by atoms with E-state index in [1.54, 1.807) is 0 Å². The van der Waals surface area contributed by atoms with Gasteiger partial charge in [-0.2, -0.15) is 0 Å². The minimum atomic E-state index is 0.104. The summed E-state index contributed by atoms with van der Waals surface area (Å²) in [6.45, 7) is 8.44. The summed E-state index contributed by atoms with van der Waals surface area (Å²) in [5.41, 5.74) is 1.50. The van der Waals surface area contributed by atoms with Gasteiger partial charge in [-0.05, 0) is 39.5 Å². The van der Waals surface area contributed by atoms with E-state index in [1.807, 2.05) is 0 Å². The van der Waals surface area contributed by atoms with Crippen LogP contribution in [0.15, 0.2) is 24.3 Å². The molecular formula is C17H27N5O. The summed E-state index contributed by atoms with van der Waals surface area (Å²) in [6.07, 6.45) is 10.2. The first-order valence-electron chi connectivity index (χ1n) is 8.55. The fourth-order valence-electron chi connectivity index (χ4n) is 3.40. The van der Waals surface area contributed by atoms with Gasteiger partial charge in [0, 0.05) is 26.2 Å². The number of rotatable bonds is 5. The summed E-state index contributed by atoms with van der Waals surface area (Å²) in [5.74, 6) is 0.626. The third kappa shape index (κ3) is 4.48. The molecule has 3 heterocycles. The lowest BCUT2D eigenvalue weighted by atomic mass is 9.88. The molecule has 2 aliphatic heterocycles. The van der Waals surface area contributed by atoms with Gasteiger partial charge in [0.1, 0.15) is 12.7 Å². The van der Waals surface area contributed by atoms with E-state index >= 15 is 0 Å². The molecule has 6 heteroatoms. The Labute approximate surface area is 138 Å². The van der Waals surface area contributed by atoms with Crippen molar-refractivity contribution in [1.82, 2.24) is 19.9 Å². The molecule has 0 bridgehead atoms. The highest BCUT2D eigenvalue weighted by atomic mass is 16.5. The minimum absolute atomic E-state index is 0.104. The molecule has 2 aliphatic rings. The Morgan fingerprint density at radius 2 is 2.04 bits per heavy atom. The van der Waals surface area contributed by atoms with Crippen molar-refractivity contribution < 1.29 is 4.74 Å². The lowest BCUT2D eigenvalue weighted by Crippen LogP contribution is -2.44. The summed E-state index contributed by atoms with van der Waals surface area (Å²) < 4.78 is 6.41. The molecule has 23 heavy (non-hydrogen) atoms. The van der Waals surface area contributed by atoms with Crippen molar-refractivity contribution in [1.29, 1.82) is 0 Å². The molecule has 0 amide bonds. The van der Waals surface area contributed by atoms with Gasteiger partial charge in [0.25, 0.3) is 0 Å².